The Balaban J connectivity index is 2.37. The molecule has 4 heteroatoms. The van der Waals surface area contributed by atoms with E-state index in [-0.39, 0.29) is 6.61 Å². The van der Waals surface area contributed by atoms with Crippen LogP contribution in [0.3, 0.4) is 0 Å². The average molecular weight is 176 g/mol. The van der Waals surface area contributed by atoms with Gasteiger partial charge in [0.1, 0.15) is 6.61 Å². The second-order valence-corrected chi connectivity index (χ2v) is 2.85. The van der Waals surface area contributed by atoms with Crippen molar-refractivity contribution in [2.75, 3.05) is 6.61 Å². The minimum absolute atomic E-state index is 0.209. The third-order valence-corrected chi connectivity index (χ3v) is 1.98. The Hall–Kier alpha value is -0.930. The Morgan fingerprint density at radius 3 is 2.67 bits per heavy atom. The molecular weight excluding hydrogens is 166 g/mol. The van der Waals surface area contributed by atoms with Crippen LogP contribution in [0.25, 0.3) is 0 Å². The molecule has 2 atom stereocenters. The Bertz CT molecular complexity index is 213. The summed E-state index contributed by atoms with van der Waals surface area (Å²) in [6.07, 6.45) is 1.20. The number of rotatable bonds is 3. The molecule has 0 saturated heterocycles. The number of ether oxygens (including phenoxy) is 1. The number of hydrogen-bond donors (Lipinski definition) is 0. The average Bonchev–Trinajstić information content (AvgIpc) is 2.48. The minimum Gasteiger partial charge on any atom is -0.465 e. The van der Waals surface area contributed by atoms with Crippen LogP contribution in [-0.4, -0.2) is 18.5 Å². The Kier molecular flexibility index (Phi) is 2.17. The highest BCUT2D eigenvalue weighted by Crippen LogP contribution is 2.55. The normalized spacial score (nSPS) is 30.9. The summed E-state index contributed by atoms with van der Waals surface area (Å²) in [5.74, 6) is -4.94. The predicted molar refractivity (Wildman–Crippen MR) is 38.8 cm³/mol. The topological polar surface area (TPSA) is 26.3 Å². The number of halogens is 2. The van der Waals surface area contributed by atoms with E-state index in [2.05, 4.69) is 11.3 Å². The van der Waals surface area contributed by atoms with Crippen molar-refractivity contribution < 1.29 is 18.3 Å². The smallest absolute Gasteiger partial charge is 0.302 e. The van der Waals surface area contributed by atoms with Crippen LogP contribution in [0.15, 0.2) is 12.7 Å². The number of carbonyl (C=O) groups excluding carboxylic acids is 1. The largest absolute Gasteiger partial charge is 0.465 e. The van der Waals surface area contributed by atoms with Crippen molar-refractivity contribution in [3.63, 3.8) is 0 Å². The highest BCUT2D eigenvalue weighted by Gasteiger charge is 2.66. The Morgan fingerprint density at radius 2 is 2.33 bits per heavy atom. The van der Waals surface area contributed by atoms with Gasteiger partial charge in [0.05, 0.1) is 11.8 Å². The number of allylic oxidation sites excluding steroid dienone is 1. The first-order valence-electron chi connectivity index (χ1n) is 3.64. The number of hydrogen-bond acceptors (Lipinski definition) is 2. The van der Waals surface area contributed by atoms with Crippen LogP contribution >= 0.6 is 0 Å². The van der Waals surface area contributed by atoms with E-state index < -0.39 is 23.7 Å². The molecule has 0 heterocycles. The van der Waals surface area contributed by atoms with E-state index in [0.717, 1.165) is 0 Å². The fourth-order valence-corrected chi connectivity index (χ4v) is 1.16. The van der Waals surface area contributed by atoms with Crippen LogP contribution in [0, 0.1) is 11.8 Å². The van der Waals surface area contributed by atoms with Crippen LogP contribution in [0.4, 0.5) is 8.78 Å². The van der Waals surface area contributed by atoms with Crippen LogP contribution in [0.1, 0.15) is 6.92 Å². The van der Waals surface area contributed by atoms with E-state index in [1.165, 1.54) is 13.0 Å². The molecule has 0 aromatic carbocycles. The number of esters is 1. The quantitative estimate of drug-likeness (QED) is 0.482. The van der Waals surface area contributed by atoms with Crippen LogP contribution in [-0.2, 0) is 9.53 Å². The van der Waals surface area contributed by atoms with E-state index >= 15 is 0 Å². The summed E-state index contributed by atoms with van der Waals surface area (Å²) in [6.45, 7) is 4.26. The summed E-state index contributed by atoms with van der Waals surface area (Å²) in [5.41, 5.74) is 0. The van der Waals surface area contributed by atoms with Gasteiger partial charge in [-0.05, 0) is 0 Å². The van der Waals surface area contributed by atoms with Crippen molar-refractivity contribution in [2.45, 2.75) is 12.8 Å². The molecular formula is C8H10F2O2. The highest BCUT2D eigenvalue weighted by molar-refractivity contribution is 5.65. The van der Waals surface area contributed by atoms with Crippen molar-refractivity contribution in [1.82, 2.24) is 0 Å². The third-order valence-electron chi connectivity index (χ3n) is 1.98. The molecule has 0 unspecified atom stereocenters. The van der Waals surface area contributed by atoms with Crippen molar-refractivity contribution in [2.24, 2.45) is 11.8 Å². The SMILES string of the molecule is C=C[C@@H]1[C@H](COC(C)=O)C1(F)F. The summed E-state index contributed by atoms with van der Waals surface area (Å²) in [6, 6.07) is 0. The van der Waals surface area contributed by atoms with Gasteiger partial charge in [-0.3, -0.25) is 4.79 Å². The van der Waals surface area contributed by atoms with Gasteiger partial charge in [-0.1, -0.05) is 6.08 Å². The highest BCUT2D eigenvalue weighted by atomic mass is 19.3. The molecule has 2 nitrogen and oxygen atoms in total. The summed E-state index contributed by atoms with van der Waals surface area (Å²) in [4.78, 5) is 10.3. The molecule has 1 rings (SSSR count). The lowest BCUT2D eigenvalue weighted by Crippen LogP contribution is -2.06. The predicted octanol–water partition coefficient (Wildman–Crippen LogP) is 1.62. The molecule has 0 aromatic heterocycles. The zero-order valence-corrected chi connectivity index (χ0v) is 6.72. The second kappa shape index (κ2) is 2.84. The van der Waals surface area contributed by atoms with Crippen LogP contribution in [0.5, 0.6) is 0 Å². The third kappa shape index (κ3) is 1.47. The van der Waals surface area contributed by atoms with Gasteiger partial charge in [-0.15, -0.1) is 6.58 Å². The van der Waals surface area contributed by atoms with Crippen LogP contribution in [0.2, 0.25) is 0 Å². The fraction of sp³-hybridized carbons (Fsp3) is 0.625. The van der Waals surface area contributed by atoms with Gasteiger partial charge < -0.3 is 4.74 Å². The van der Waals surface area contributed by atoms with Gasteiger partial charge in [-0.2, -0.15) is 0 Å². The van der Waals surface area contributed by atoms with Crippen molar-refractivity contribution in [3.8, 4) is 0 Å². The van der Waals surface area contributed by atoms with Crippen LogP contribution < -0.4 is 0 Å². The van der Waals surface area contributed by atoms with E-state index in [1.807, 2.05) is 0 Å². The first-order chi connectivity index (χ1) is 5.50. The molecule has 0 spiro atoms. The van der Waals surface area contributed by atoms with E-state index in [1.54, 1.807) is 0 Å². The standard InChI is InChI=1S/C8H10F2O2/c1-3-6-7(8(6,9)10)4-12-5(2)11/h3,6-7H,1,4H2,2H3/t6-,7+/m1/s1. The molecule has 1 saturated carbocycles. The van der Waals surface area contributed by atoms with Gasteiger partial charge in [-0.25, -0.2) is 8.78 Å². The number of alkyl halides is 2. The lowest BCUT2D eigenvalue weighted by Gasteiger charge is -1.98. The lowest BCUT2D eigenvalue weighted by molar-refractivity contribution is -0.142. The number of carbonyl (C=O) groups is 1. The molecule has 68 valence electrons. The minimum atomic E-state index is -2.72. The maximum Gasteiger partial charge on any atom is 0.302 e. The Morgan fingerprint density at radius 1 is 1.75 bits per heavy atom. The first kappa shape index (κ1) is 9.16. The second-order valence-electron chi connectivity index (χ2n) is 2.85. The molecule has 0 aliphatic heterocycles. The zero-order chi connectivity index (χ0) is 9.35. The molecule has 0 aromatic rings. The van der Waals surface area contributed by atoms with E-state index in [4.69, 9.17) is 0 Å². The lowest BCUT2D eigenvalue weighted by atomic mass is 10.3. The molecule has 0 radical (unpaired) electrons. The summed E-state index contributed by atoms with van der Waals surface area (Å²) >= 11 is 0. The maximum absolute atomic E-state index is 12.6. The van der Waals surface area contributed by atoms with Crippen molar-refractivity contribution >= 4 is 5.97 Å². The van der Waals surface area contributed by atoms with E-state index in [0.29, 0.717) is 0 Å². The van der Waals surface area contributed by atoms with Gasteiger partial charge in [0.25, 0.3) is 5.92 Å². The Labute approximate surface area is 69.2 Å². The zero-order valence-electron chi connectivity index (χ0n) is 6.72. The monoisotopic (exact) mass is 176 g/mol. The van der Waals surface area contributed by atoms with Gasteiger partial charge in [0, 0.05) is 6.92 Å². The first-order valence-corrected chi connectivity index (χ1v) is 3.64. The molecule has 0 bridgehead atoms. The molecule has 1 aliphatic carbocycles. The maximum atomic E-state index is 12.6. The van der Waals surface area contributed by atoms with Gasteiger partial charge >= 0.3 is 5.97 Å². The summed E-state index contributed by atoms with van der Waals surface area (Å²) in [7, 11) is 0. The molecule has 1 fully saturated rings. The van der Waals surface area contributed by atoms with Gasteiger partial charge in [0.15, 0.2) is 0 Å². The van der Waals surface area contributed by atoms with Crippen molar-refractivity contribution in [3.05, 3.63) is 12.7 Å². The molecule has 0 N–H and O–H groups in total. The molecule has 0 amide bonds. The molecule has 12 heavy (non-hydrogen) atoms. The van der Waals surface area contributed by atoms with E-state index in [9.17, 15) is 13.6 Å². The summed E-state index contributed by atoms with van der Waals surface area (Å²) in [5, 5.41) is 0. The van der Waals surface area contributed by atoms with Crippen molar-refractivity contribution in [1.29, 1.82) is 0 Å². The fourth-order valence-electron chi connectivity index (χ4n) is 1.16. The summed E-state index contributed by atoms with van der Waals surface area (Å²) < 4.78 is 29.8. The molecule has 1 aliphatic rings. The van der Waals surface area contributed by atoms with Gasteiger partial charge in [0.2, 0.25) is 0 Å².